The zero-order chi connectivity index (χ0) is 26.3. The molecule has 8 heteroatoms. The standard InChI is InChI=1S/C28H39N3O4S/c1-21-9-11-22(12-10-21)25(32)31(30(5)18-19-35-24-8-6-7-17-29-24)20-28(26(33)34)16-14-23(36-28)13-15-27(2,3)4/h6-8,14,17,21-22H,9-12,16,18-20H2,1-5H3,(H,33,34). The van der Waals surface area contributed by atoms with Crippen LogP contribution in [0.15, 0.2) is 35.4 Å². The summed E-state index contributed by atoms with van der Waals surface area (Å²) >= 11 is 1.26. The number of carboxylic acids is 1. The molecule has 0 aromatic carbocycles. The van der Waals surface area contributed by atoms with Crippen LogP contribution in [-0.4, -0.2) is 63.5 Å². The summed E-state index contributed by atoms with van der Waals surface area (Å²) in [5.41, 5.74) is -0.177. The Bertz CT molecular complexity index is 1000. The first-order valence-electron chi connectivity index (χ1n) is 12.7. The Kier molecular flexibility index (Phi) is 9.48. The fourth-order valence-electron chi connectivity index (χ4n) is 4.33. The zero-order valence-electron chi connectivity index (χ0n) is 22.1. The largest absolute Gasteiger partial charge is 0.480 e. The minimum Gasteiger partial charge on any atom is -0.480 e. The Morgan fingerprint density at radius 2 is 1.97 bits per heavy atom. The molecule has 1 amide bonds. The number of carbonyl (C=O) groups excluding carboxylic acids is 1. The normalized spacial score (nSPS) is 24.0. The molecule has 196 valence electrons. The number of aliphatic carboxylic acids is 1. The Morgan fingerprint density at radius 3 is 2.58 bits per heavy atom. The molecule has 1 N–H and O–H groups in total. The van der Waals surface area contributed by atoms with Gasteiger partial charge in [-0.2, -0.15) is 0 Å². The molecule has 1 atom stereocenters. The van der Waals surface area contributed by atoms with E-state index in [1.807, 2.05) is 51.0 Å². The van der Waals surface area contributed by atoms with E-state index >= 15 is 0 Å². The van der Waals surface area contributed by atoms with Gasteiger partial charge in [0.05, 0.1) is 18.0 Å². The molecule has 1 aliphatic carbocycles. The lowest BCUT2D eigenvalue weighted by Crippen LogP contribution is -2.56. The highest BCUT2D eigenvalue weighted by Gasteiger charge is 2.47. The number of carbonyl (C=O) groups is 2. The number of likely N-dealkylation sites (N-methyl/N-ethyl adjacent to an activating group) is 1. The molecule has 0 spiro atoms. The molecule has 3 rings (SSSR count). The second-order valence-electron chi connectivity index (χ2n) is 10.9. The summed E-state index contributed by atoms with van der Waals surface area (Å²) in [5.74, 6) is 6.46. The number of rotatable bonds is 9. The summed E-state index contributed by atoms with van der Waals surface area (Å²) in [6.45, 7) is 9.13. The summed E-state index contributed by atoms with van der Waals surface area (Å²) in [6, 6.07) is 5.46. The molecular formula is C28H39N3O4S. The second kappa shape index (κ2) is 12.2. The maximum absolute atomic E-state index is 13.8. The molecule has 7 nitrogen and oxygen atoms in total. The first-order valence-corrected chi connectivity index (χ1v) is 13.5. The van der Waals surface area contributed by atoms with E-state index in [1.54, 1.807) is 17.3 Å². The predicted molar refractivity (Wildman–Crippen MR) is 143 cm³/mol. The molecule has 1 fully saturated rings. The van der Waals surface area contributed by atoms with E-state index in [0.717, 1.165) is 30.6 Å². The van der Waals surface area contributed by atoms with Gasteiger partial charge in [-0.1, -0.05) is 42.7 Å². The number of aromatic nitrogens is 1. The van der Waals surface area contributed by atoms with Crippen LogP contribution in [0.25, 0.3) is 0 Å². The molecule has 1 aromatic heterocycles. The van der Waals surface area contributed by atoms with Crippen molar-refractivity contribution in [3.05, 3.63) is 35.4 Å². The van der Waals surface area contributed by atoms with E-state index in [9.17, 15) is 14.7 Å². The topological polar surface area (TPSA) is 83.0 Å². The van der Waals surface area contributed by atoms with E-state index < -0.39 is 10.7 Å². The van der Waals surface area contributed by atoms with Crippen LogP contribution in [0, 0.1) is 29.1 Å². The van der Waals surface area contributed by atoms with Crippen molar-refractivity contribution in [1.82, 2.24) is 15.0 Å². The zero-order valence-corrected chi connectivity index (χ0v) is 22.9. The summed E-state index contributed by atoms with van der Waals surface area (Å²) in [5, 5.41) is 13.8. The molecule has 2 heterocycles. The van der Waals surface area contributed by atoms with Crippen molar-refractivity contribution in [2.45, 2.75) is 64.5 Å². The summed E-state index contributed by atoms with van der Waals surface area (Å²) in [7, 11) is 1.83. The Balaban J connectivity index is 1.76. The highest BCUT2D eigenvalue weighted by Crippen LogP contribution is 2.43. The first-order chi connectivity index (χ1) is 17.0. The van der Waals surface area contributed by atoms with Gasteiger partial charge in [0.2, 0.25) is 11.8 Å². The number of ether oxygens (including phenoxy) is 1. The van der Waals surface area contributed by atoms with Crippen molar-refractivity contribution in [3.8, 4) is 17.7 Å². The summed E-state index contributed by atoms with van der Waals surface area (Å²) < 4.78 is 4.58. The van der Waals surface area contributed by atoms with Crippen molar-refractivity contribution in [2.75, 3.05) is 26.7 Å². The molecule has 0 saturated heterocycles. The van der Waals surface area contributed by atoms with Crippen LogP contribution >= 0.6 is 11.8 Å². The smallest absolute Gasteiger partial charge is 0.322 e. The van der Waals surface area contributed by atoms with Crippen molar-refractivity contribution in [1.29, 1.82) is 0 Å². The number of amides is 1. The van der Waals surface area contributed by atoms with Gasteiger partial charge in [-0.05, 0) is 64.9 Å². The number of carboxylic acid groups (broad SMARTS) is 1. The van der Waals surface area contributed by atoms with E-state index in [0.29, 0.717) is 31.4 Å². The van der Waals surface area contributed by atoms with Gasteiger partial charge in [-0.25, -0.2) is 9.99 Å². The van der Waals surface area contributed by atoms with Gasteiger partial charge in [0, 0.05) is 30.6 Å². The maximum atomic E-state index is 13.8. The molecule has 0 radical (unpaired) electrons. The fourth-order valence-corrected chi connectivity index (χ4v) is 5.47. The molecule has 1 saturated carbocycles. The van der Waals surface area contributed by atoms with Gasteiger partial charge in [-0.3, -0.25) is 14.6 Å². The lowest BCUT2D eigenvalue weighted by molar-refractivity contribution is -0.157. The first kappa shape index (κ1) is 28.1. The second-order valence-corrected chi connectivity index (χ2v) is 12.3. The van der Waals surface area contributed by atoms with Gasteiger partial charge in [-0.15, -0.1) is 0 Å². The molecule has 36 heavy (non-hydrogen) atoms. The number of thioether (sulfide) groups is 1. The van der Waals surface area contributed by atoms with Crippen LogP contribution < -0.4 is 4.74 Å². The SMILES string of the molecule is CC1CCC(C(=O)N(CC2(C(=O)O)CC=C(C#CC(C)(C)C)S2)N(C)CCOc2ccccn2)CC1. The highest BCUT2D eigenvalue weighted by atomic mass is 32.2. The third kappa shape index (κ3) is 7.75. The molecule has 1 unspecified atom stereocenters. The molecule has 0 bridgehead atoms. The molecule has 1 aromatic rings. The van der Waals surface area contributed by atoms with E-state index in [4.69, 9.17) is 4.74 Å². The van der Waals surface area contributed by atoms with Crippen LogP contribution in [0.4, 0.5) is 0 Å². The van der Waals surface area contributed by atoms with Gasteiger partial charge in [0.15, 0.2) is 0 Å². The minimum absolute atomic E-state index is 0.00214. The number of pyridine rings is 1. The van der Waals surface area contributed by atoms with Crippen LogP contribution in [0.2, 0.25) is 0 Å². The Labute approximate surface area is 219 Å². The Morgan fingerprint density at radius 1 is 1.25 bits per heavy atom. The number of hydrogen-bond donors (Lipinski definition) is 1. The predicted octanol–water partition coefficient (Wildman–Crippen LogP) is 4.86. The third-order valence-electron chi connectivity index (χ3n) is 6.61. The lowest BCUT2D eigenvalue weighted by atomic mass is 9.82. The Hall–Kier alpha value is -2.50. The van der Waals surface area contributed by atoms with Gasteiger partial charge in [0.25, 0.3) is 0 Å². The number of hydrogen-bond acceptors (Lipinski definition) is 6. The average Bonchev–Trinajstić information content (AvgIpc) is 3.26. The highest BCUT2D eigenvalue weighted by molar-refractivity contribution is 8.05. The van der Waals surface area contributed by atoms with Crippen LogP contribution in [0.1, 0.15) is 59.8 Å². The number of allylic oxidation sites excluding steroid dienone is 2. The lowest BCUT2D eigenvalue weighted by Gasteiger charge is -2.40. The third-order valence-corrected chi connectivity index (χ3v) is 7.96. The van der Waals surface area contributed by atoms with E-state index in [-0.39, 0.29) is 23.8 Å². The quantitative estimate of drug-likeness (QED) is 0.373. The average molecular weight is 514 g/mol. The van der Waals surface area contributed by atoms with Gasteiger partial charge >= 0.3 is 5.97 Å². The maximum Gasteiger partial charge on any atom is 0.322 e. The monoisotopic (exact) mass is 513 g/mol. The van der Waals surface area contributed by atoms with Crippen molar-refractivity contribution < 1.29 is 19.4 Å². The molecule has 2 aliphatic rings. The van der Waals surface area contributed by atoms with Crippen molar-refractivity contribution in [2.24, 2.45) is 17.3 Å². The van der Waals surface area contributed by atoms with E-state index in [2.05, 4.69) is 23.7 Å². The van der Waals surface area contributed by atoms with E-state index in [1.165, 1.54) is 11.8 Å². The summed E-state index contributed by atoms with van der Waals surface area (Å²) in [6.07, 6.45) is 7.59. The van der Waals surface area contributed by atoms with Gasteiger partial charge in [0.1, 0.15) is 11.4 Å². The van der Waals surface area contributed by atoms with Gasteiger partial charge < -0.3 is 9.84 Å². The van der Waals surface area contributed by atoms with Crippen LogP contribution in [0.5, 0.6) is 5.88 Å². The van der Waals surface area contributed by atoms with Crippen molar-refractivity contribution >= 4 is 23.6 Å². The van der Waals surface area contributed by atoms with Crippen LogP contribution in [0.3, 0.4) is 0 Å². The van der Waals surface area contributed by atoms with Crippen LogP contribution in [-0.2, 0) is 9.59 Å². The molecule has 1 aliphatic heterocycles. The van der Waals surface area contributed by atoms with Crippen molar-refractivity contribution in [3.63, 3.8) is 0 Å². The number of hydrazine groups is 1. The fraction of sp³-hybridized carbons (Fsp3) is 0.607. The number of nitrogens with zero attached hydrogens (tertiary/aromatic N) is 3. The molecular weight excluding hydrogens is 474 g/mol. The summed E-state index contributed by atoms with van der Waals surface area (Å²) in [4.78, 5) is 31.3. The minimum atomic E-state index is -1.17.